The minimum Gasteiger partial charge on any atom is -0.361 e. The number of carbonyl (C=O) groups excluding carboxylic acids is 1. The lowest BCUT2D eigenvalue weighted by atomic mass is 9.85. The van der Waals surface area contributed by atoms with Gasteiger partial charge in [-0.2, -0.15) is 0 Å². The molecular formula is C17H21N3O. The highest BCUT2D eigenvalue weighted by molar-refractivity contribution is 6.03. The van der Waals surface area contributed by atoms with Crippen molar-refractivity contribution >= 4 is 22.5 Å². The number of aromatic nitrogens is 1. The van der Waals surface area contributed by atoms with E-state index in [9.17, 15) is 4.79 Å². The topological polar surface area (TPSA) is 56.9 Å². The maximum Gasteiger partial charge on any atom is 0.241 e. The molecule has 0 radical (unpaired) electrons. The second kappa shape index (κ2) is 5.19. The number of aromatic amines is 1. The van der Waals surface area contributed by atoms with Crippen molar-refractivity contribution in [3.63, 3.8) is 0 Å². The van der Waals surface area contributed by atoms with Crippen LogP contribution in [-0.4, -0.2) is 23.0 Å². The average Bonchev–Trinajstić information content (AvgIpc) is 3.14. The fourth-order valence-electron chi connectivity index (χ4n) is 3.94. The maximum atomic E-state index is 12.5. The lowest BCUT2D eigenvalue weighted by Crippen LogP contribution is -2.39. The van der Waals surface area contributed by atoms with Crippen molar-refractivity contribution in [1.82, 2.24) is 10.3 Å². The van der Waals surface area contributed by atoms with Crippen molar-refractivity contribution in [2.75, 3.05) is 5.32 Å². The molecule has 110 valence electrons. The first-order valence-corrected chi connectivity index (χ1v) is 7.94. The van der Waals surface area contributed by atoms with Crippen LogP contribution in [0.3, 0.4) is 0 Å². The van der Waals surface area contributed by atoms with Gasteiger partial charge in [0.25, 0.3) is 0 Å². The highest BCUT2D eigenvalue weighted by Crippen LogP contribution is 2.33. The van der Waals surface area contributed by atoms with Gasteiger partial charge in [0, 0.05) is 23.1 Å². The van der Waals surface area contributed by atoms with Gasteiger partial charge in [-0.25, -0.2) is 0 Å². The molecule has 4 heteroatoms. The van der Waals surface area contributed by atoms with Crippen molar-refractivity contribution in [2.24, 2.45) is 5.92 Å². The van der Waals surface area contributed by atoms with Crippen LogP contribution in [0.15, 0.2) is 30.5 Å². The van der Waals surface area contributed by atoms with Gasteiger partial charge in [0.2, 0.25) is 5.91 Å². The van der Waals surface area contributed by atoms with Crippen LogP contribution in [0.1, 0.15) is 32.1 Å². The summed E-state index contributed by atoms with van der Waals surface area (Å²) in [7, 11) is 0. The predicted molar refractivity (Wildman–Crippen MR) is 84.2 cm³/mol. The second-order valence-electron chi connectivity index (χ2n) is 6.34. The van der Waals surface area contributed by atoms with E-state index in [1.165, 1.54) is 25.7 Å². The van der Waals surface area contributed by atoms with Gasteiger partial charge in [-0.3, -0.25) is 4.79 Å². The molecule has 1 amide bonds. The number of nitrogens with one attached hydrogen (secondary N) is 3. The van der Waals surface area contributed by atoms with E-state index in [1.807, 2.05) is 30.5 Å². The third-order valence-electron chi connectivity index (χ3n) is 5.03. The van der Waals surface area contributed by atoms with E-state index < -0.39 is 0 Å². The van der Waals surface area contributed by atoms with Crippen LogP contribution in [0.2, 0.25) is 0 Å². The molecule has 1 aromatic heterocycles. The number of hydrogen-bond donors (Lipinski definition) is 3. The molecule has 4 rings (SSSR count). The monoisotopic (exact) mass is 283 g/mol. The number of anilines is 1. The molecule has 1 saturated carbocycles. The Morgan fingerprint density at radius 1 is 1.19 bits per heavy atom. The normalized spacial score (nSPS) is 28.5. The summed E-state index contributed by atoms with van der Waals surface area (Å²) in [5, 5.41) is 7.71. The van der Waals surface area contributed by atoms with Gasteiger partial charge in [0.1, 0.15) is 0 Å². The molecule has 21 heavy (non-hydrogen) atoms. The van der Waals surface area contributed by atoms with Gasteiger partial charge in [-0.15, -0.1) is 0 Å². The minimum atomic E-state index is -0.0349. The first-order chi connectivity index (χ1) is 10.3. The molecular weight excluding hydrogens is 262 g/mol. The Morgan fingerprint density at radius 3 is 3.00 bits per heavy atom. The summed E-state index contributed by atoms with van der Waals surface area (Å²) in [6.45, 7) is 0. The molecule has 4 nitrogen and oxygen atoms in total. The van der Waals surface area contributed by atoms with Crippen molar-refractivity contribution in [3.8, 4) is 0 Å². The first-order valence-electron chi connectivity index (χ1n) is 7.94. The molecule has 2 aromatic rings. The number of fused-ring (bicyclic) bond motifs is 2. The molecule has 2 heterocycles. The molecule has 3 atom stereocenters. The maximum absolute atomic E-state index is 12.5. The van der Waals surface area contributed by atoms with Gasteiger partial charge in [0.15, 0.2) is 0 Å². The predicted octanol–water partition coefficient (Wildman–Crippen LogP) is 3.03. The smallest absolute Gasteiger partial charge is 0.241 e. The molecule has 0 bridgehead atoms. The second-order valence-corrected chi connectivity index (χ2v) is 6.34. The van der Waals surface area contributed by atoms with E-state index in [4.69, 9.17) is 0 Å². The van der Waals surface area contributed by atoms with Gasteiger partial charge < -0.3 is 15.6 Å². The Labute approximate surface area is 124 Å². The Bertz CT molecular complexity index is 649. The van der Waals surface area contributed by atoms with Crippen molar-refractivity contribution in [1.29, 1.82) is 0 Å². The van der Waals surface area contributed by atoms with Crippen molar-refractivity contribution in [2.45, 2.75) is 44.2 Å². The Morgan fingerprint density at radius 2 is 2.10 bits per heavy atom. The standard InChI is InChI=1S/C17H21N3O/c21-17(16-10-11-4-1-2-5-13(11)19-16)20-15-7-3-6-14-12(15)8-9-18-14/h3,6-9,11,13,16,18-19H,1-2,4-5,10H2,(H,20,21). The van der Waals surface area contributed by atoms with Crippen molar-refractivity contribution in [3.05, 3.63) is 30.5 Å². The van der Waals surface area contributed by atoms with E-state index in [2.05, 4.69) is 15.6 Å². The highest BCUT2D eigenvalue weighted by atomic mass is 16.2. The van der Waals surface area contributed by atoms with E-state index >= 15 is 0 Å². The summed E-state index contributed by atoms with van der Waals surface area (Å²) in [4.78, 5) is 15.7. The van der Waals surface area contributed by atoms with E-state index in [1.54, 1.807) is 0 Å². The number of hydrogen-bond acceptors (Lipinski definition) is 2. The van der Waals surface area contributed by atoms with Crippen LogP contribution in [-0.2, 0) is 4.79 Å². The highest BCUT2D eigenvalue weighted by Gasteiger charge is 2.38. The van der Waals surface area contributed by atoms with Crippen LogP contribution in [0.4, 0.5) is 5.69 Å². The summed E-state index contributed by atoms with van der Waals surface area (Å²) < 4.78 is 0. The van der Waals surface area contributed by atoms with E-state index in [-0.39, 0.29) is 11.9 Å². The minimum absolute atomic E-state index is 0.0349. The average molecular weight is 283 g/mol. The molecule has 1 aromatic carbocycles. The molecule has 0 spiro atoms. The molecule has 2 aliphatic rings. The quantitative estimate of drug-likeness (QED) is 0.793. The fourth-order valence-corrected chi connectivity index (χ4v) is 3.94. The summed E-state index contributed by atoms with van der Waals surface area (Å²) in [5.41, 5.74) is 1.95. The van der Waals surface area contributed by atoms with Crippen LogP contribution < -0.4 is 10.6 Å². The van der Waals surface area contributed by atoms with Gasteiger partial charge in [0.05, 0.1) is 11.7 Å². The van der Waals surface area contributed by atoms with Gasteiger partial charge in [-0.05, 0) is 43.4 Å². The third kappa shape index (κ3) is 2.33. The number of rotatable bonds is 2. The lowest BCUT2D eigenvalue weighted by Gasteiger charge is -2.24. The Kier molecular flexibility index (Phi) is 3.19. The summed E-state index contributed by atoms with van der Waals surface area (Å²) in [6, 6.07) is 8.48. The first kappa shape index (κ1) is 12.9. The fraction of sp³-hybridized carbons (Fsp3) is 0.471. The zero-order chi connectivity index (χ0) is 14.2. The lowest BCUT2D eigenvalue weighted by molar-refractivity contribution is -0.117. The summed E-state index contributed by atoms with van der Waals surface area (Å²) in [6.07, 6.45) is 8.00. The van der Waals surface area contributed by atoms with Gasteiger partial charge >= 0.3 is 0 Å². The molecule has 1 aliphatic heterocycles. The van der Waals surface area contributed by atoms with E-state index in [0.29, 0.717) is 12.0 Å². The van der Waals surface area contributed by atoms with Crippen LogP contribution in [0, 0.1) is 5.92 Å². The Hall–Kier alpha value is -1.81. The number of amides is 1. The number of carbonyl (C=O) groups is 1. The van der Waals surface area contributed by atoms with Crippen LogP contribution >= 0.6 is 0 Å². The van der Waals surface area contributed by atoms with Gasteiger partial charge in [-0.1, -0.05) is 18.9 Å². The molecule has 3 unspecified atom stereocenters. The zero-order valence-corrected chi connectivity index (χ0v) is 12.1. The van der Waals surface area contributed by atoms with E-state index in [0.717, 1.165) is 23.0 Å². The molecule has 1 saturated heterocycles. The number of benzene rings is 1. The molecule has 3 N–H and O–H groups in total. The number of H-pyrrole nitrogens is 1. The third-order valence-corrected chi connectivity index (χ3v) is 5.03. The summed E-state index contributed by atoms with van der Waals surface area (Å²) >= 11 is 0. The van der Waals surface area contributed by atoms with Crippen molar-refractivity contribution < 1.29 is 4.79 Å². The molecule has 2 fully saturated rings. The van der Waals surface area contributed by atoms with Crippen LogP contribution in [0.25, 0.3) is 10.9 Å². The largest absolute Gasteiger partial charge is 0.361 e. The van der Waals surface area contributed by atoms with Crippen LogP contribution in [0.5, 0.6) is 0 Å². The molecule has 1 aliphatic carbocycles. The Balaban J connectivity index is 1.50. The summed E-state index contributed by atoms with van der Waals surface area (Å²) in [5.74, 6) is 0.802. The SMILES string of the molecule is O=C(Nc1cccc2[nH]ccc12)C1CC2CCCCC2N1. The zero-order valence-electron chi connectivity index (χ0n) is 12.1.